The van der Waals surface area contributed by atoms with Gasteiger partial charge in [-0.05, 0) is 42.6 Å². The van der Waals surface area contributed by atoms with Crippen LogP contribution in [-0.2, 0) is 39.3 Å². The zero-order valence-electron chi connectivity index (χ0n) is 32.8. The number of benzene rings is 2. The Hall–Kier alpha value is -4.49. The van der Waals surface area contributed by atoms with Crippen LogP contribution in [0.25, 0.3) is 20.9 Å². The number of fused-ring (bicyclic) bond motifs is 2. The minimum absolute atomic E-state index is 0.167. The third-order valence-corrected chi connectivity index (χ3v) is 9.53. The molecule has 0 unspecified atom stereocenters. The molecule has 0 saturated heterocycles. The molecule has 4 rings (SSSR count). The topological polar surface area (TPSA) is 159 Å². The summed E-state index contributed by atoms with van der Waals surface area (Å²) in [6, 6.07) is 17.2. The number of nitrogens with zero attached hydrogens (tertiary/aromatic N) is 8. The lowest BCUT2D eigenvalue weighted by Crippen LogP contribution is -2.29. The van der Waals surface area contributed by atoms with Crippen LogP contribution >= 0.6 is 0 Å². The largest absolute Gasteiger partial charge is 0.379 e. The zero-order valence-corrected chi connectivity index (χ0v) is 32.8. The van der Waals surface area contributed by atoms with Gasteiger partial charge >= 0.3 is 0 Å². The number of hydrogen-bond acceptors (Lipinski definition) is 9. The lowest BCUT2D eigenvalue weighted by molar-refractivity contribution is -0.442. The molecular formula is C41H57N8O6+. The Morgan fingerprint density at radius 3 is 1.76 bits per heavy atom. The molecular weight excluding hydrogens is 701 g/mol. The summed E-state index contributed by atoms with van der Waals surface area (Å²) in [5, 5.41) is 6.88. The molecule has 2 heterocycles. The molecule has 2 aliphatic heterocycles. The van der Waals surface area contributed by atoms with E-state index in [9.17, 15) is 0 Å². The summed E-state index contributed by atoms with van der Waals surface area (Å²) >= 11 is 0. The van der Waals surface area contributed by atoms with Crippen molar-refractivity contribution in [3.63, 3.8) is 0 Å². The van der Waals surface area contributed by atoms with E-state index in [4.69, 9.17) is 39.5 Å². The quantitative estimate of drug-likeness (QED) is 0.0227. The van der Waals surface area contributed by atoms with Gasteiger partial charge in [-0.1, -0.05) is 78.7 Å². The molecule has 0 aliphatic carbocycles. The number of azide groups is 2. The van der Waals surface area contributed by atoms with Crippen LogP contribution in [0.15, 0.2) is 94.8 Å². The lowest BCUT2D eigenvalue weighted by Gasteiger charge is -2.27. The number of allylic oxidation sites excluding steroid dienone is 6. The molecule has 0 bridgehead atoms. The number of ether oxygens (including phenoxy) is 6. The Balaban J connectivity index is 1.32. The molecule has 0 atom stereocenters. The van der Waals surface area contributed by atoms with Crippen LogP contribution in [0.4, 0.5) is 11.4 Å². The molecule has 14 heteroatoms. The van der Waals surface area contributed by atoms with Gasteiger partial charge in [0.05, 0.1) is 78.1 Å². The average Bonchev–Trinajstić information content (AvgIpc) is 3.53. The van der Waals surface area contributed by atoms with Crippen LogP contribution in [0.3, 0.4) is 0 Å². The SMILES string of the molecule is CC1(C)C(/C=C/C=C/C=C2/N(CCOCCOCCOCCN=[N+]=[N-])c3ccccc3C2(C)C)=[N+](CCOCCOCCOCCN=[N+]=[N-])c2ccccc21. The molecule has 0 saturated carbocycles. The second-order valence-corrected chi connectivity index (χ2v) is 13.9. The monoisotopic (exact) mass is 757 g/mol. The molecule has 0 spiro atoms. The molecule has 0 fully saturated rings. The summed E-state index contributed by atoms with van der Waals surface area (Å²) in [5.74, 6) is 0. The van der Waals surface area contributed by atoms with E-state index in [-0.39, 0.29) is 10.8 Å². The van der Waals surface area contributed by atoms with Gasteiger partial charge in [-0.3, -0.25) is 0 Å². The van der Waals surface area contributed by atoms with E-state index in [0.29, 0.717) is 92.4 Å². The maximum Gasteiger partial charge on any atom is 0.209 e. The van der Waals surface area contributed by atoms with Crippen molar-refractivity contribution in [1.82, 2.24) is 0 Å². The molecule has 14 nitrogen and oxygen atoms in total. The molecule has 0 N–H and O–H groups in total. The van der Waals surface area contributed by atoms with Crippen LogP contribution in [-0.4, -0.2) is 116 Å². The van der Waals surface area contributed by atoms with Crippen molar-refractivity contribution in [2.24, 2.45) is 10.2 Å². The van der Waals surface area contributed by atoms with Crippen molar-refractivity contribution < 1.29 is 33.0 Å². The van der Waals surface area contributed by atoms with Crippen LogP contribution in [0.1, 0.15) is 38.8 Å². The summed E-state index contributed by atoms with van der Waals surface area (Å²) in [6.07, 6.45) is 10.8. The van der Waals surface area contributed by atoms with E-state index in [1.54, 1.807) is 0 Å². The van der Waals surface area contributed by atoms with Gasteiger partial charge < -0.3 is 33.3 Å². The van der Waals surface area contributed by atoms with E-state index in [2.05, 4.69) is 136 Å². The van der Waals surface area contributed by atoms with Crippen LogP contribution in [0.5, 0.6) is 0 Å². The minimum atomic E-state index is -0.167. The van der Waals surface area contributed by atoms with Crippen molar-refractivity contribution >= 4 is 17.1 Å². The van der Waals surface area contributed by atoms with Gasteiger partial charge in [0, 0.05) is 64.0 Å². The molecule has 0 aromatic heterocycles. The van der Waals surface area contributed by atoms with Gasteiger partial charge in [0.1, 0.15) is 6.61 Å². The average molecular weight is 758 g/mol. The third-order valence-electron chi connectivity index (χ3n) is 9.53. The second kappa shape index (κ2) is 23.4. The minimum Gasteiger partial charge on any atom is -0.379 e. The van der Waals surface area contributed by atoms with Gasteiger partial charge in [-0.2, -0.15) is 4.58 Å². The molecule has 0 amide bonds. The Labute approximate surface area is 325 Å². The number of hydrogen-bond donors (Lipinski definition) is 0. The highest BCUT2D eigenvalue weighted by Gasteiger charge is 2.44. The smallest absolute Gasteiger partial charge is 0.209 e. The Morgan fingerprint density at radius 1 is 0.618 bits per heavy atom. The lowest BCUT2D eigenvalue weighted by atomic mass is 9.81. The van der Waals surface area contributed by atoms with Gasteiger partial charge in [-0.15, -0.1) is 0 Å². The number of anilines is 1. The molecule has 2 aromatic rings. The van der Waals surface area contributed by atoms with Crippen molar-refractivity contribution in [2.45, 2.75) is 38.5 Å². The Bertz CT molecular complexity index is 1730. The normalized spacial score (nSPS) is 16.2. The summed E-state index contributed by atoms with van der Waals surface area (Å²) in [6.45, 7) is 16.9. The van der Waals surface area contributed by atoms with Crippen LogP contribution in [0, 0.1) is 0 Å². The predicted octanol–water partition coefficient (Wildman–Crippen LogP) is 7.58. The summed E-state index contributed by atoms with van der Waals surface area (Å²) in [7, 11) is 0. The highest BCUT2D eigenvalue weighted by Crippen LogP contribution is 2.47. The first-order valence-corrected chi connectivity index (χ1v) is 19.0. The van der Waals surface area contributed by atoms with Crippen LogP contribution < -0.4 is 4.90 Å². The first kappa shape index (κ1) is 43.2. The van der Waals surface area contributed by atoms with Crippen LogP contribution in [0.2, 0.25) is 0 Å². The van der Waals surface area contributed by atoms with E-state index in [0.717, 1.165) is 13.1 Å². The van der Waals surface area contributed by atoms with Crippen molar-refractivity contribution in [3.8, 4) is 0 Å². The molecule has 296 valence electrons. The standard InChI is InChI=1S/C41H57N8O6/c1-40(2)34-12-8-10-14-36(34)48(20-24-52-28-32-54-30-26-50-22-18-44-46-42)38(40)16-6-5-7-17-39-41(3,4)35-13-9-11-15-37(35)49(39)21-25-53-29-33-55-31-27-51-23-19-45-47-43/h5-17H,18-33H2,1-4H3/q+1. The zero-order chi connectivity index (χ0) is 39.2. The van der Waals surface area contributed by atoms with Crippen molar-refractivity contribution in [1.29, 1.82) is 0 Å². The van der Waals surface area contributed by atoms with E-state index in [1.165, 1.54) is 33.9 Å². The highest BCUT2D eigenvalue weighted by molar-refractivity contribution is 6.03. The molecule has 55 heavy (non-hydrogen) atoms. The van der Waals surface area contributed by atoms with Crippen molar-refractivity contribution in [3.05, 3.63) is 117 Å². The van der Waals surface area contributed by atoms with Crippen molar-refractivity contribution in [2.75, 3.05) is 110 Å². The number of rotatable bonds is 27. The van der Waals surface area contributed by atoms with Gasteiger partial charge in [0.15, 0.2) is 12.3 Å². The predicted molar refractivity (Wildman–Crippen MR) is 215 cm³/mol. The fourth-order valence-electron chi connectivity index (χ4n) is 6.82. The van der Waals surface area contributed by atoms with E-state index in [1.807, 2.05) is 0 Å². The third kappa shape index (κ3) is 12.8. The maximum atomic E-state index is 8.31. The maximum absolute atomic E-state index is 8.31. The first-order chi connectivity index (χ1) is 26.8. The van der Waals surface area contributed by atoms with Gasteiger partial charge in [-0.25, -0.2) is 0 Å². The Kier molecular flexibility index (Phi) is 18.4. The van der Waals surface area contributed by atoms with Gasteiger partial charge in [0.25, 0.3) is 0 Å². The Morgan fingerprint density at radius 2 is 1.15 bits per heavy atom. The summed E-state index contributed by atoms with van der Waals surface area (Å²) < 4.78 is 36.2. The molecule has 2 aromatic carbocycles. The molecule has 0 radical (unpaired) electrons. The summed E-state index contributed by atoms with van der Waals surface area (Å²) in [5.41, 5.74) is 23.7. The van der Waals surface area contributed by atoms with E-state index >= 15 is 0 Å². The highest BCUT2D eigenvalue weighted by atomic mass is 16.5. The number of para-hydroxylation sites is 2. The second-order valence-electron chi connectivity index (χ2n) is 13.9. The fraction of sp³-hybridized carbons (Fsp3) is 0.537. The fourth-order valence-corrected chi connectivity index (χ4v) is 6.82. The molecule has 2 aliphatic rings. The summed E-state index contributed by atoms with van der Waals surface area (Å²) in [4.78, 5) is 7.77. The van der Waals surface area contributed by atoms with E-state index < -0.39 is 0 Å². The first-order valence-electron chi connectivity index (χ1n) is 19.0. The van der Waals surface area contributed by atoms with Gasteiger partial charge in [0.2, 0.25) is 5.69 Å².